The molecule has 0 aliphatic carbocycles. The molecule has 1 atom stereocenters. The van der Waals surface area contributed by atoms with Crippen LogP contribution >= 0.6 is 11.3 Å². The minimum atomic E-state index is 0.0278. The van der Waals surface area contributed by atoms with Gasteiger partial charge in [-0.15, -0.1) is 11.3 Å². The average molecular weight is 352 g/mol. The number of hydrogen-bond donors (Lipinski definition) is 0. The van der Waals surface area contributed by atoms with Crippen LogP contribution in [-0.2, 0) is 0 Å². The Morgan fingerprint density at radius 3 is 2.96 bits per heavy atom. The Bertz CT molecular complexity index is 935. The number of benzene rings is 2. The molecule has 0 N–H and O–H groups in total. The highest BCUT2D eigenvalue weighted by Gasteiger charge is 2.33. The first-order valence-corrected chi connectivity index (χ1v) is 9.17. The maximum absolute atomic E-state index is 13.1. The highest BCUT2D eigenvalue weighted by molar-refractivity contribution is 7.18. The number of rotatable bonds is 2. The normalized spacial score (nSPS) is 18.9. The van der Waals surface area contributed by atoms with E-state index in [1.165, 1.54) is 4.70 Å². The van der Waals surface area contributed by atoms with Gasteiger partial charge in [-0.1, -0.05) is 12.1 Å². The van der Waals surface area contributed by atoms with Crippen LogP contribution in [0.4, 0.5) is 0 Å². The van der Waals surface area contributed by atoms with E-state index in [0.29, 0.717) is 17.1 Å². The van der Waals surface area contributed by atoms with E-state index in [4.69, 9.17) is 14.5 Å². The van der Waals surface area contributed by atoms with E-state index in [1.807, 2.05) is 29.2 Å². The summed E-state index contributed by atoms with van der Waals surface area (Å²) in [5, 5.41) is 1.02. The van der Waals surface area contributed by atoms with Crippen molar-refractivity contribution in [3.8, 4) is 11.5 Å². The Morgan fingerprint density at radius 2 is 2.04 bits per heavy atom. The fraction of sp³-hybridized carbons (Fsp3) is 0.263. The molecule has 25 heavy (non-hydrogen) atoms. The number of carbonyl (C=O) groups is 1. The third kappa shape index (κ3) is 2.44. The molecule has 6 heteroatoms. The minimum absolute atomic E-state index is 0.0278. The summed E-state index contributed by atoms with van der Waals surface area (Å²) in [5.74, 6) is 1.36. The van der Waals surface area contributed by atoms with Gasteiger partial charge in [0.15, 0.2) is 11.5 Å². The average Bonchev–Trinajstić information content (AvgIpc) is 3.37. The molecule has 2 aliphatic heterocycles. The quantitative estimate of drug-likeness (QED) is 0.699. The number of hydrogen-bond acceptors (Lipinski definition) is 5. The molecule has 1 fully saturated rings. The molecule has 1 amide bonds. The van der Waals surface area contributed by atoms with E-state index >= 15 is 0 Å². The summed E-state index contributed by atoms with van der Waals surface area (Å²) in [6, 6.07) is 13.6. The van der Waals surface area contributed by atoms with Crippen LogP contribution in [-0.4, -0.2) is 29.1 Å². The number of likely N-dealkylation sites (tertiary alicyclic amines) is 1. The first-order valence-electron chi connectivity index (χ1n) is 8.36. The second-order valence-corrected chi connectivity index (χ2v) is 7.31. The minimum Gasteiger partial charge on any atom is -0.454 e. The molecule has 1 unspecified atom stereocenters. The first-order chi connectivity index (χ1) is 12.3. The smallest absolute Gasteiger partial charge is 0.254 e. The monoisotopic (exact) mass is 352 g/mol. The van der Waals surface area contributed by atoms with Crippen LogP contribution in [0.3, 0.4) is 0 Å². The Morgan fingerprint density at radius 1 is 1.16 bits per heavy atom. The predicted molar refractivity (Wildman–Crippen MR) is 95.2 cm³/mol. The summed E-state index contributed by atoms with van der Waals surface area (Å²) in [5.41, 5.74) is 1.64. The molecule has 0 radical (unpaired) electrons. The summed E-state index contributed by atoms with van der Waals surface area (Å²) >= 11 is 1.68. The molecule has 1 saturated heterocycles. The molecule has 5 rings (SSSR count). The Hall–Kier alpha value is -2.60. The van der Waals surface area contributed by atoms with Gasteiger partial charge in [-0.2, -0.15) is 0 Å². The molecule has 5 nitrogen and oxygen atoms in total. The van der Waals surface area contributed by atoms with Crippen LogP contribution in [0.1, 0.15) is 34.2 Å². The van der Waals surface area contributed by atoms with E-state index in [1.54, 1.807) is 23.5 Å². The molecule has 126 valence electrons. The van der Waals surface area contributed by atoms with Gasteiger partial charge in [0.1, 0.15) is 5.01 Å². The van der Waals surface area contributed by atoms with Crippen LogP contribution in [0.2, 0.25) is 0 Å². The topological polar surface area (TPSA) is 51.7 Å². The fourth-order valence-electron chi connectivity index (χ4n) is 3.49. The van der Waals surface area contributed by atoms with Crippen molar-refractivity contribution in [3.05, 3.63) is 53.0 Å². The van der Waals surface area contributed by atoms with Crippen molar-refractivity contribution < 1.29 is 14.3 Å². The molecule has 1 aromatic heterocycles. The number of amides is 1. The van der Waals surface area contributed by atoms with Gasteiger partial charge < -0.3 is 14.4 Å². The number of thiazole rings is 1. The molecule has 2 aromatic carbocycles. The SMILES string of the molecule is O=C(c1ccc2c(c1)OCO2)N1CCCC1c1nc2ccccc2s1. The zero-order valence-corrected chi connectivity index (χ0v) is 14.3. The number of ether oxygens (including phenoxy) is 2. The van der Waals surface area contributed by atoms with Crippen molar-refractivity contribution in [1.29, 1.82) is 0 Å². The predicted octanol–water partition coefficient (Wildman–Crippen LogP) is 4.00. The highest BCUT2D eigenvalue weighted by Crippen LogP contribution is 2.38. The third-order valence-electron chi connectivity index (χ3n) is 4.73. The summed E-state index contributed by atoms with van der Waals surface area (Å²) in [6.07, 6.45) is 1.95. The Labute approximate surface area is 148 Å². The van der Waals surface area contributed by atoms with Crippen molar-refractivity contribution in [1.82, 2.24) is 9.88 Å². The first kappa shape index (κ1) is 14.7. The van der Waals surface area contributed by atoms with Gasteiger partial charge in [-0.25, -0.2) is 4.98 Å². The van der Waals surface area contributed by atoms with Crippen LogP contribution in [0.15, 0.2) is 42.5 Å². The van der Waals surface area contributed by atoms with Crippen molar-refractivity contribution in [2.45, 2.75) is 18.9 Å². The lowest BCUT2D eigenvalue weighted by Gasteiger charge is -2.23. The van der Waals surface area contributed by atoms with E-state index in [-0.39, 0.29) is 18.7 Å². The summed E-state index contributed by atoms with van der Waals surface area (Å²) in [6.45, 7) is 0.971. The number of para-hydroxylation sites is 1. The Balaban J connectivity index is 1.47. The number of aromatic nitrogens is 1. The van der Waals surface area contributed by atoms with Crippen molar-refractivity contribution in [3.63, 3.8) is 0 Å². The fourth-order valence-corrected chi connectivity index (χ4v) is 4.61. The zero-order chi connectivity index (χ0) is 16.8. The van der Waals surface area contributed by atoms with Gasteiger partial charge in [0.25, 0.3) is 5.91 Å². The third-order valence-corrected chi connectivity index (χ3v) is 5.87. The lowest BCUT2D eigenvalue weighted by molar-refractivity contribution is 0.0735. The maximum atomic E-state index is 13.1. The largest absolute Gasteiger partial charge is 0.454 e. The van der Waals surface area contributed by atoms with Crippen LogP contribution in [0.25, 0.3) is 10.2 Å². The number of nitrogens with zero attached hydrogens (tertiary/aromatic N) is 2. The van der Waals surface area contributed by atoms with Gasteiger partial charge in [-0.05, 0) is 43.2 Å². The second-order valence-electron chi connectivity index (χ2n) is 6.24. The number of carbonyl (C=O) groups excluding carboxylic acids is 1. The molecule has 0 saturated carbocycles. The molecule has 3 heterocycles. The van der Waals surface area contributed by atoms with E-state index < -0.39 is 0 Å². The molecule has 3 aromatic rings. The molecule has 0 spiro atoms. The van der Waals surface area contributed by atoms with E-state index in [2.05, 4.69) is 6.07 Å². The van der Waals surface area contributed by atoms with Gasteiger partial charge in [0.05, 0.1) is 16.3 Å². The molecular weight excluding hydrogens is 336 g/mol. The highest BCUT2D eigenvalue weighted by atomic mass is 32.1. The number of fused-ring (bicyclic) bond motifs is 2. The van der Waals surface area contributed by atoms with Gasteiger partial charge >= 0.3 is 0 Å². The van der Waals surface area contributed by atoms with E-state index in [0.717, 1.165) is 29.9 Å². The molecular formula is C19H16N2O3S. The van der Waals surface area contributed by atoms with Gasteiger partial charge in [0.2, 0.25) is 6.79 Å². The van der Waals surface area contributed by atoms with E-state index in [9.17, 15) is 4.79 Å². The van der Waals surface area contributed by atoms with Crippen molar-refractivity contribution in [2.24, 2.45) is 0 Å². The summed E-state index contributed by atoms with van der Waals surface area (Å²) < 4.78 is 11.9. The lowest BCUT2D eigenvalue weighted by atomic mass is 10.1. The van der Waals surface area contributed by atoms with Crippen molar-refractivity contribution in [2.75, 3.05) is 13.3 Å². The summed E-state index contributed by atoms with van der Waals surface area (Å²) in [7, 11) is 0. The Kier molecular flexibility index (Phi) is 3.38. The van der Waals surface area contributed by atoms with Crippen LogP contribution in [0, 0.1) is 0 Å². The summed E-state index contributed by atoms with van der Waals surface area (Å²) in [4.78, 5) is 19.8. The van der Waals surface area contributed by atoms with Crippen molar-refractivity contribution >= 4 is 27.5 Å². The maximum Gasteiger partial charge on any atom is 0.254 e. The zero-order valence-electron chi connectivity index (χ0n) is 13.5. The lowest BCUT2D eigenvalue weighted by Crippen LogP contribution is -2.30. The van der Waals surface area contributed by atoms with Crippen LogP contribution < -0.4 is 9.47 Å². The molecule has 0 bridgehead atoms. The molecule has 2 aliphatic rings. The van der Waals surface area contributed by atoms with Gasteiger partial charge in [0, 0.05) is 12.1 Å². The standard InChI is InChI=1S/C19H16N2O3S/c22-19(12-7-8-15-16(10-12)24-11-23-15)21-9-3-5-14(21)18-20-13-4-1-2-6-17(13)25-18/h1-2,4,6-8,10,14H,3,5,9,11H2. The van der Waals surface area contributed by atoms with Gasteiger partial charge in [-0.3, -0.25) is 4.79 Å². The second kappa shape index (κ2) is 5.74. The van der Waals surface area contributed by atoms with Crippen LogP contribution in [0.5, 0.6) is 11.5 Å².